The number of alkyl halides is 3. The number of benzene rings is 2. The van der Waals surface area contributed by atoms with Crippen molar-refractivity contribution in [2.24, 2.45) is 0 Å². The van der Waals surface area contributed by atoms with E-state index in [1.54, 1.807) is 11.0 Å². The molecule has 0 unspecified atom stereocenters. The van der Waals surface area contributed by atoms with Gasteiger partial charge in [-0.25, -0.2) is 0 Å². The smallest absolute Gasteiger partial charge is 0.355 e. The van der Waals surface area contributed by atoms with E-state index >= 15 is 0 Å². The number of anilines is 3. The molecule has 6 nitrogen and oxygen atoms in total. The number of carbonyl (C=O) groups excluding carboxylic acids is 2. The Balaban J connectivity index is 1.49. The number of hydrogen-bond acceptors (Lipinski definition) is 4. The van der Waals surface area contributed by atoms with Gasteiger partial charge in [-0.2, -0.15) is 13.2 Å². The second-order valence-electron chi connectivity index (χ2n) is 7.78. The van der Waals surface area contributed by atoms with Gasteiger partial charge in [-0.3, -0.25) is 14.6 Å². The van der Waals surface area contributed by atoms with Gasteiger partial charge in [-0.05, 0) is 60.0 Å². The second kappa shape index (κ2) is 9.38. The molecule has 3 aromatic rings. The molecule has 174 valence electrons. The van der Waals surface area contributed by atoms with Crippen molar-refractivity contribution >= 4 is 28.9 Å². The van der Waals surface area contributed by atoms with Crippen molar-refractivity contribution in [3.63, 3.8) is 0 Å². The molecule has 0 bridgehead atoms. The molecule has 2 amide bonds. The summed E-state index contributed by atoms with van der Waals surface area (Å²) in [6.07, 6.45) is 0.219. The molecule has 0 saturated heterocycles. The Labute approximate surface area is 194 Å². The van der Waals surface area contributed by atoms with Crippen LogP contribution in [0.1, 0.15) is 27.0 Å². The van der Waals surface area contributed by atoms with Crippen molar-refractivity contribution in [2.75, 3.05) is 17.2 Å². The van der Waals surface area contributed by atoms with Crippen LogP contribution < -0.4 is 10.6 Å². The fourth-order valence-corrected chi connectivity index (χ4v) is 3.80. The number of carbonyl (C=O) groups is 2. The number of rotatable bonds is 5. The van der Waals surface area contributed by atoms with Gasteiger partial charge < -0.3 is 15.5 Å². The number of nitrogens with one attached hydrogen (secondary N) is 2. The summed E-state index contributed by atoms with van der Waals surface area (Å²) in [5.41, 5.74) is 3.34. The minimum Gasteiger partial charge on any atom is -0.355 e. The number of aromatic nitrogens is 1. The molecule has 9 heteroatoms. The third-order valence-electron chi connectivity index (χ3n) is 5.48. The minimum atomic E-state index is -4.38. The summed E-state index contributed by atoms with van der Waals surface area (Å²) in [4.78, 5) is 30.3. The third kappa shape index (κ3) is 5.09. The molecule has 0 spiro atoms. The van der Waals surface area contributed by atoms with E-state index in [2.05, 4.69) is 22.2 Å². The van der Waals surface area contributed by atoms with Gasteiger partial charge in [0.2, 0.25) is 5.91 Å². The van der Waals surface area contributed by atoms with Gasteiger partial charge in [0, 0.05) is 30.7 Å². The molecule has 1 aliphatic rings. The molecule has 0 atom stereocenters. The average molecular weight is 466 g/mol. The Hall–Kier alpha value is -4.14. The normalized spacial score (nSPS) is 13.1. The molecule has 0 aliphatic carbocycles. The number of hydrogen-bond donors (Lipinski definition) is 2. The lowest BCUT2D eigenvalue weighted by molar-refractivity contribution is -0.137. The lowest BCUT2D eigenvalue weighted by atomic mass is 9.97. The Morgan fingerprint density at radius 1 is 1.06 bits per heavy atom. The Morgan fingerprint density at radius 3 is 2.53 bits per heavy atom. The van der Waals surface area contributed by atoms with E-state index in [-0.39, 0.29) is 5.91 Å². The maximum Gasteiger partial charge on any atom is 0.416 e. The first kappa shape index (κ1) is 23.0. The minimum absolute atomic E-state index is 0.214. The molecule has 2 aromatic carbocycles. The Kier molecular flexibility index (Phi) is 6.36. The van der Waals surface area contributed by atoms with Crippen LogP contribution in [0.25, 0.3) is 0 Å². The summed E-state index contributed by atoms with van der Waals surface area (Å²) in [5.74, 6) is -0.611. The average Bonchev–Trinajstić information content (AvgIpc) is 2.83. The quantitative estimate of drug-likeness (QED) is 0.509. The molecule has 34 heavy (non-hydrogen) atoms. The fourth-order valence-electron chi connectivity index (χ4n) is 3.80. The first-order chi connectivity index (χ1) is 16.2. The number of pyridine rings is 1. The highest BCUT2D eigenvalue weighted by atomic mass is 19.4. The summed E-state index contributed by atoms with van der Waals surface area (Å²) in [6, 6.07) is 12.1. The van der Waals surface area contributed by atoms with Crippen LogP contribution >= 0.6 is 0 Å². The standard InChI is InChI=1S/C25H21F3N4O2/c1-2-23(33)31-20-12-17(13-29-14-20)24(34)32-11-10-21-16(15-32)4-3-5-22(21)30-19-8-6-18(7-9-19)25(26,27)28/h2-9,12-14,30H,1,10-11,15H2,(H,31,33). The van der Waals surface area contributed by atoms with E-state index in [1.165, 1.54) is 24.5 Å². The lowest BCUT2D eigenvalue weighted by Crippen LogP contribution is -2.36. The van der Waals surface area contributed by atoms with Crippen LogP contribution in [-0.2, 0) is 23.9 Å². The van der Waals surface area contributed by atoms with Gasteiger partial charge in [0.1, 0.15) is 0 Å². The SMILES string of the molecule is C=CC(=O)Nc1cncc(C(=O)N2CCc3c(cccc3Nc3ccc(C(F)(F)F)cc3)C2)c1. The molecule has 4 rings (SSSR count). The van der Waals surface area contributed by atoms with Crippen molar-refractivity contribution in [1.82, 2.24) is 9.88 Å². The van der Waals surface area contributed by atoms with Crippen LogP contribution in [0.5, 0.6) is 0 Å². The number of nitrogens with zero attached hydrogens (tertiary/aromatic N) is 2. The van der Waals surface area contributed by atoms with E-state index in [1.807, 2.05) is 18.2 Å². The van der Waals surface area contributed by atoms with Crippen LogP contribution in [0.15, 0.2) is 73.6 Å². The maximum absolute atomic E-state index is 13.1. The van der Waals surface area contributed by atoms with E-state index in [0.29, 0.717) is 36.4 Å². The van der Waals surface area contributed by atoms with Crippen LogP contribution in [0, 0.1) is 0 Å². The first-order valence-corrected chi connectivity index (χ1v) is 10.5. The van der Waals surface area contributed by atoms with E-state index in [0.717, 1.165) is 35.0 Å². The van der Waals surface area contributed by atoms with Crippen LogP contribution in [-0.4, -0.2) is 28.2 Å². The van der Waals surface area contributed by atoms with Crippen LogP contribution in [0.3, 0.4) is 0 Å². The largest absolute Gasteiger partial charge is 0.416 e. The highest BCUT2D eigenvalue weighted by Crippen LogP contribution is 2.32. The van der Waals surface area contributed by atoms with Crippen molar-refractivity contribution in [1.29, 1.82) is 0 Å². The van der Waals surface area contributed by atoms with Gasteiger partial charge in [-0.1, -0.05) is 18.7 Å². The lowest BCUT2D eigenvalue weighted by Gasteiger charge is -2.30. The molecule has 1 aliphatic heterocycles. The zero-order chi connectivity index (χ0) is 24.3. The molecular weight excluding hydrogens is 445 g/mol. The van der Waals surface area contributed by atoms with Crippen molar-refractivity contribution in [3.8, 4) is 0 Å². The summed E-state index contributed by atoms with van der Waals surface area (Å²) >= 11 is 0. The monoisotopic (exact) mass is 466 g/mol. The Morgan fingerprint density at radius 2 is 1.82 bits per heavy atom. The van der Waals surface area contributed by atoms with Crippen LogP contribution in [0.4, 0.5) is 30.2 Å². The highest BCUT2D eigenvalue weighted by Gasteiger charge is 2.30. The number of amides is 2. The zero-order valence-electron chi connectivity index (χ0n) is 18.0. The van der Waals surface area contributed by atoms with Crippen LogP contribution in [0.2, 0.25) is 0 Å². The second-order valence-corrected chi connectivity index (χ2v) is 7.78. The molecule has 0 saturated carbocycles. The predicted octanol–water partition coefficient (Wildman–Crippen LogP) is 5.17. The summed E-state index contributed by atoms with van der Waals surface area (Å²) in [5, 5.41) is 5.78. The molecule has 2 heterocycles. The number of fused-ring (bicyclic) bond motifs is 1. The molecule has 0 radical (unpaired) electrons. The maximum atomic E-state index is 13.1. The van der Waals surface area contributed by atoms with Gasteiger partial charge in [-0.15, -0.1) is 0 Å². The summed E-state index contributed by atoms with van der Waals surface area (Å²) < 4.78 is 38.4. The topological polar surface area (TPSA) is 74.3 Å². The van der Waals surface area contributed by atoms with Gasteiger partial charge in [0.15, 0.2) is 0 Å². The third-order valence-corrected chi connectivity index (χ3v) is 5.48. The van der Waals surface area contributed by atoms with Gasteiger partial charge in [0.05, 0.1) is 23.0 Å². The molecular formula is C25H21F3N4O2. The molecule has 2 N–H and O–H groups in total. The van der Waals surface area contributed by atoms with Gasteiger partial charge >= 0.3 is 6.18 Å². The zero-order valence-corrected chi connectivity index (χ0v) is 18.0. The first-order valence-electron chi connectivity index (χ1n) is 10.5. The summed E-state index contributed by atoms with van der Waals surface area (Å²) in [7, 11) is 0. The molecule has 1 aromatic heterocycles. The summed E-state index contributed by atoms with van der Waals surface area (Å²) in [6.45, 7) is 4.23. The fraction of sp³-hybridized carbons (Fsp3) is 0.160. The number of halogens is 3. The van der Waals surface area contributed by atoms with Crippen molar-refractivity contribution in [2.45, 2.75) is 19.1 Å². The predicted molar refractivity (Wildman–Crippen MR) is 123 cm³/mol. The molecule has 0 fully saturated rings. The highest BCUT2D eigenvalue weighted by molar-refractivity contribution is 6.00. The van der Waals surface area contributed by atoms with E-state index in [4.69, 9.17) is 0 Å². The van der Waals surface area contributed by atoms with E-state index < -0.39 is 17.6 Å². The van der Waals surface area contributed by atoms with Crippen molar-refractivity contribution in [3.05, 3.63) is 95.8 Å². The van der Waals surface area contributed by atoms with Gasteiger partial charge in [0.25, 0.3) is 5.91 Å². The Bertz CT molecular complexity index is 1240. The van der Waals surface area contributed by atoms with Crippen molar-refractivity contribution < 1.29 is 22.8 Å². The van der Waals surface area contributed by atoms with E-state index in [9.17, 15) is 22.8 Å².